The molecule has 1 amide bonds. The Morgan fingerprint density at radius 1 is 1.70 bits per heavy atom. The zero-order chi connectivity index (χ0) is 7.40. The minimum atomic E-state index is -0.0469. The standard InChI is InChI=1S/C7H11NO2/c1-10-6-3-2-4-8-7(9)5-6/h5H,2-4H2,1H3,(H,8,9). The van der Waals surface area contributed by atoms with E-state index in [-0.39, 0.29) is 5.91 Å². The van der Waals surface area contributed by atoms with E-state index in [1.54, 1.807) is 7.11 Å². The molecule has 1 rings (SSSR count). The Hall–Kier alpha value is -0.990. The Labute approximate surface area is 60.1 Å². The van der Waals surface area contributed by atoms with Crippen molar-refractivity contribution in [3.63, 3.8) is 0 Å². The highest BCUT2D eigenvalue weighted by Gasteiger charge is 2.05. The third-order valence-electron chi connectivity index (χ3n) is 1.45. The molecular weight excluding hydrogens is 130 g/mol. The minimum Gasteiger partial charge on any atom is -0.501 e. The monoisotopic (exact) mass is 141 g/mol. The van der Waals surface area contributed by atoms with Gasteiger partial charge in [-0.3, -0.25) is 4.79 Å². The van der Waals surface area contributed by atoms with Gasteiger partial charge in [0.15, 0.2) is 0 Å². The van der Waals surface area contributed by atoms with Crippen LogP contribution < -0.4 is 5.32 Å². The number of rotatable bonds is 1. The van der Waals surface area contributed by atoms with Gasteiger partial charge in [0.25, 0.3) is 0 Å². The molecule has 1 heterocycles. The van der Waals surface area contributed by atoms with Crippen molar-refractivity contribution in [3.05, 3.63) is 11.8 Å². The van der Waals surface area contributed by atoms with Gasteiger partial charge >= 0.3 is 0 Å². The average molecular weight is 141 g/mol. The zero-order valence-corrected chi connectivity index (χ0v) is 6.02. The van der Waals surface area contributed by atoms with Crippen molar-refractivity contribution in [2.45, 2.75) is 12.8 Å². The third-order valence-corrected chi connectivity index (χ3v) is 1.45. The predicted molar refractivity (Wildman–Crippen MR) is 37.3 cm³/mol. The first-order valence-electron chi connectivity index (χ1n) is 3.35. The molecule has 0 aromatic rings. The second-order valence-corrected chi connectivity index (χ2v) is 2.21. The molecule has 3 nitrogen and oxygen atoms in total. The molecule has 0 saturated heterocycles. The van der Waals surface area contributed by atoms with Gasteiger partial charge in [-0.05, 0) is 6.42 Å². The summed E-state index contributed by atoms with van der Waals surface area (Å²) in [5, 5.41) is 2.71. The molecule has 0 aromatic heterocycles. The summed E-state index contributed by atoms with van der Waals surface area (Å²) in [4.78, 5) is 10.8. The normalized spacial score (nSPS) is 18.9. The van der Waals surface area contributed by atoms with Crippen LogP contribution in [0.3, 0.4) is 0 Å². The molecular formula is C7H11NO2. The number of carbonyl (C=O) groups excluding carboxylic acids is 1. The van der Waals surface area contributed by atoms with Gasteiger partial charge in [0, 0.05) is 19.0 Å². The highest BCUT2D eigenvalue weighted by Crippen LogP contribution is 2.06. The lowest BCUT2D eigenvalue weighted by Crippen LogP contribution is -2.20. The van der Waals surface area contributed by atoms with Crippen molar-refractivity contribution in [3.8, 4) is 0 Å². The number of allylic oxidation sites excluding steroid dienone is 1. The largest absolute Gasteiger partial charge is 0.501 e. The van der Waals surface area contributed by atoms with E-state index in [0.717, 1.165) is 25.1 Å². The predicted octanol–water partition coefficient (Wildman–Crippen LogP) is 0.427. The molecule has 0 aliphatic carbocycles. The van der Waals surface area contributed by atoms with Gasteiger partial charge in [-0.15, -0.1) is 0 Å². The number of ether oxygens (including phenoxy) is 1. The van der Waals surface area contributed by atoms with E-state index in [4.69, 9.17) is 4.74 Å². The Morgan fingerprint density at radius 3 is 3.20 bits per heavy atom. The molecule has 0 saturated carbocycles. The van der Waals surface area contributed by atoms with E-state index >= 15 is 0 Å². The maximum atomic E-state index is 10.8. The highest BCUT2D eigenvalue weighted by molar-refractivity contribution is 5.88. The SMILES string of the molecule is COC1=CC(=O)NCCC1. The molecule has 0 spiro atoms. The van der Waals surface area contributed by atoms with E-state index in [9.17, 15) is 4.79 Å². The van der Waals surface area contributed by atoms with Crippen LogP contribution in [0.1, 0.15) is 12.8 Å². The second kappa shape index (κ2) is 3.25. The smallest absolute Gasteiger partial charge is 0.247 e. The summed E-state index contributed by atoms with van der Waals surface area (Å²) in [7, 11) is 1.59. The van der Waals surface area contributed by atoms with Gasteiger partial charge in [-0.2, -0.15) is 0 Å². The summed E-state index contributed by atoms with van der Waals surface area (Å²) < 4.78 is 4.94. The number of nitrogens with one attached hydrogen (secondary N) is 1. The van der Waals surface area contributed by atoms with E-state index in [2.05, 4.69) is 5.32 Å². The molecule has 1 aliphatic heterocycles. The van der Waals surface area contributed by atoms with Gasteiger partial charge in [-0.1, -0.05) is 0 Å². The molecule has 0 radical (unpaired) electrons. The van der Waals surface area contributed by atoms with Gasteiger partial charge in [0.1, 0.15) is 5.76 Å². The van der Waals surface area contributed by atoms with Crippen LogP contribution in [0.2, 0.25) is 0 Å². The quantitative estimate of drug-likeness (QED) is 0.575. The van der Waals surface area contributed by atoms with Crippen LogP contribution in [0.5, 0.6) is 0 Å². The van der Waals surface area contributed by atoms with E-state index in [1.165, 1.54) is 6.08 Å². The molecule has 0 aromatic carbocycles. The average Bonchev–Trinajstić information content (AvgIpc) is 2.13. The Bertz CT molecular complexity index is 163. The van der Waals surface area contributed by atoms with Gasteiger partial charge in [0.05, 0.1) is 7.11 Å². The van der Waals surface area contributed by atoms with Crippen LogP contribution in [0.15, 0.2) is 11.8 Å². The summed E-state index contributed by atoms with van der Waals surface area (Å²) in [5.41, 5.74) is 0. The number of methoxy groups -OCH3 is 1. The minimum absolute atomic E-state index is 0.0469. The fraction of sp³-hybridized carbons (Fsp3) is 0.571. The summed E-state index contributed by atoms with van der Waals surface area (Å²) in [5.74, 6) is 0.726. The number of carbonyl (C=O) groups is 1. The maximum absolute atomic E-state index is 10.8. The van der Waals surface area contributed by atoms with Gasteiger partial charge in [0.2, 0.25) is 5.91 Å². The van der Waals surface area contributed by atoms with E-state index < -0.39 is 0 Å². The number of amides is 1. The van der Waals surface area contributed by atoms with Crippen LogP contribution in [-0.2, 0) is 9.53 Å². The fourth-order valence-electron chi connectivity index (χ4n) is 0.905. The molecule has 0 atom stereocenters. The number of hydrogen-bond donors (Lipinski definition) is 1. The molecule has 0 unspecified atom stereocenters. The van der Waals surface area contributed by atoms with E-state index in [0.29, 0.717) is 0 Å². The molecule has 0 fully saturated rings. The molecule has 56 valence electrons. The Kier molecular flexibility index (Phi) is 2.31. The summed E-state index contributed by atoms with van der Waals surface area (Å²) in [6.45, 7) is 0.752. The van der Waals surface area contributed by atoms with Crippen molar-refractivity contribution < 1.29 is 9.53 Å². The van der Waals surface area contributed by atoms with Gasteiger partial charge in [-0.25, -0.2) is 0 Å². The van der Waals surface area contributed by atoms with Crippen LogP contribution in [0, 0.1) is 0 Å². The van der Waals surface area contributed by atoms with Crippen molar-refractivity contribution in [2.75, 3.05) is 13.7 Å². The lowest BCUT2D eigenvalue weighted by atomic mass is 10.3. The van der Waals surface area contributed by atoms with Gasteiger partial charge < -0.3 is 10.1 Å². The maximum Gasteiger partial charge on any atom is 0.247 e. The fourth-order valence-corrected chi connectivity index (χ4v) is 0.905. The third kappa shape index (κ3) is 1.76. The van der Waals surface area contributed by atoms with Crippen LogP contribution in [0.25, 0.3) is 0 Å². The zero-order valence-electron chi connectivity index (χ0n) is 6.02. The first-order valence-corrected chi connectivity index (χ1v) is 3.35. The molecule has 3 heteroatoms. The number of hydrogen-bond acceptors (Lipinski definition) is 2. The van der Waals surface area contributed by atoms with Crippen molar-refractivity contribution in [1.29, 1.82) is 0 Å². The van der Waals surface area contributed by atoms with Crippen molar-refractivity contribution in [1.82, 2.24) is 5.32 Å². The summed E-state index contributed by atoms with van der Waals surface area (Å²) >= 11 is 0. The summed E-state index contributed by atoms with van der Waals surface area (Å²) in [6.07, 6.45) is 3.33. The Balaban J connectivity index is 2.59. The van der Waals surface area contributed by atoms with Crippen molar-refractivity contribution in [2.24, 2.45) is 0 Å². The first-order chi connectivity index (χ1) is 4.83. The first kappa shape index (κ1) is 7.12. The second-order valence-electron chi connectivity index (χ2n) is 2.21. The molecule has 1 aliphatic rings. The topological polar surface area (TPSA) is 38.3 Å². The highest BCUT2D eigenvalue weighted by atomic mass is 16.5. The summed E-state index contributed by atoms with van der Waals surface area (Å²) in [6, 6.07) is 0. The van der Waals surface area contributed by atoms with Crippen LogP contribution in [0.4, 0.5) is 0 Å². The van der Waals surface area contributed by atoms with Crippen LogP contribution in [-0.4, -0.2) is 19.6 Å². The Morgan fingerprint density at radius 2 is 2.50 bits per heavy atom. The van der Waals surface area contributed by atoms with Crippen LogP contribution >= 0.6 is 0 Å². The van der Waals surface area contributed by atoms with Crippen molar-refractivity contribution >= 4 is 5.91 Å². The molecule has 1 N–H and O–H groups in total. The van der Waals surface area contributed by atoms with E-state index in [1.807, 2.05) is 0 Å². The molecule has 10 heavy (non-hydrogen) atoms. The molecule has 0 bridgehead atoms. The lowest BCUT2D eigenvalue weighted by molar-refractivity contribution is -0.116. The lowest BCUT2D eigenvalue weighted by Gasteiger charge is -1.99.